The van der Waals surface area contributed by atoms with Gasteiger partial charge >= 0.3 is 6.01 Å². The van der Waals surface area contributed by atoms with E-state index in [0.29, 0.717) is 22.9 Å². The summed E-state index contributed by atoms with van der Waals surface area (Å²) in [6, 6.07) is 1.59. The topological polar surface area (TPSA) is 106 Å². The van der Waals surface area contributed by atoms with Crippen LogP contribution in [0.2, 0.25) is 0 Å². The van der Waals surface area contributed by atoms with Gasteiger partial charge in [0.15, 0.2) is 5.16 Å². The fourth-order valence-electron chi connectivity index (χ4n) is 1.38. The Bertz CT molecular complexity index is 648. The summed E-state index contributed by atoms with van der Waals surface area (Å²) in [5.74, 6) is 0.441. The summed E-state index contributed by atoms with van der Waals surface area (Å²) >= 11 is 1.14. The molecular formula is C12H16N6O2S. The minimum Gasteiger partial charge on any atom is -0.464 e. The van der Waals surface area contributed by atoms with E-state index in [1.807, 2.05) is 13.8 Å². The third kappa shape index (κ3) is 4.71. The van der Waals surface area contributed by atoms with Crippen LogP contribution >= 0.6 is 11.8 Å². The molecule has 0 aliphatic carbocycles. The van der Waals surface area contributed by atoms with Crippen molar-refractivity contribution in [1.82, 2.24) is 24.9 Å². The van der Waals surface area contributed by atoms with Gasteiger partial charge in [0.25, 0.3) is 5.56 Å². The second-order valence-corrected chi connectivity index (χ2v) is 4.88. The monoisotopic (exact) mass is 308 g/mol. The molecule has 0 bridgehead atoms. The number of aromatic nitrogens is 5. The molecule has 0 aromatic carbocycles. The fourth-order valence-corrected chi connectivity index (χ4v) is 2.08. The number of anilines is 1. The van der Waals surface area contributed by atoms with Crippen LogP contribution in [0.25, 0.3) is 0 Å². The molecule has 0 spiro atoms. The van der Waals surface area contributed by atoms with Crippen molar-refractivity contribution in [2.45, 2.75) is 30.6 Å². The Morgan fingerprint density at radius 2 is 2.19 bits per heavy atom. The Labute approximate surface area is 125 Å². The maximum Gasteiger partial charge on any atom is 0.322 e. The molecule has 0 saturated carbocycles. The smallest absolute Gasteiger partial charge is 0.322 e. The van der Waals surface area contributed by atoms with Crippen molar-refractivity contribution in [3.8, 4) is 6.01 Å². The van der Waals surface area contributed by atoms with Gasteiger partial charge < -0.3 is 15.0 Å². The van der Waals surface area contributed by atoms with Crippen LogP contribution in [0.5, 0.6) is 6.01 Å². The molecule has 2 aromatic rings. The zero-order valence-corrected chi connectivity index (χ0v) is 12.6. The second-order valence-electron chi connectivity index (χ2n) is 3.93. The Hall–Kier alpha value is -2.16. The quantitative estimate of drug-likeness (QED) is 0.738. The first-order chi connectivity index (χ1) is 10.2. The number of ether oxygens (including phenoxy) is 1. The molecule has 0 saturated heterocycles. The molecule has 0 aliphatic rings. The Morgan fingerprint density at radius 1 is 1.33 bits per heavy atom. The lowest BCUT2D eigenvalue weighted by molar-refractivity contribution is 0.308. The first-order valence-electron chi connectivity index (χ1n) is 6.57. The van der Waals surface area contributed by atoms with Crippen LogP contribution in [0.4, 0.5) is 5.95 Å². The van der Waals surface area contributed by atoms with Gasteiger partial charge in [-0.3, -0.25) is 4.79 Å². The molecule has 9 heteroatoms. The van der Waals surface area contributed by atoms with Crippen molar-refractivity contribution in [2.24, 2.45) is 0 Å². The Kier molecular flexibility index (Phi) is 5.50. The van der Waals surface area contributed by atoms with E-state index in [4.69, 9.17) is 4.74 Å². The van der Waals surface area contributed by atoms with E-state index in [-0.39, 0.29) is 11.6 Å². The van der Waals surface area contributed by atoms with E-state index in [9.17, 15) is 4.79 Å². The molecule has 2 aromatic heterocycles. The molecule has 112 valence electrons. The Morgan fingerprint density at radius 3 is 2.90 bits per heavy atom. The standard InChI is InChI=1S/C12H16N6O2S/c1-3-6-13-9-16-10(20-4-2)18-12(17-9)21-11-14-7-5-8(19)15-11/h5,7H,3-4,6H2,1-2H3,(H,14,15,19)(H,13,16,17,18). The number of rotatable bonds is 7. The van der Waals surface area contributed by atoms with E-state index >= 15 is 0 Å². The maximum atomic E-state index is 11.3. The van der Waals surface area contributed by atoms with Crippen molar-refractivity contribution < 1.29 is 4.74 Å². The van der Waals surface area contributed by atoms with Gasteiger partial charge in [-0.05, 0) is 25.1 Å². The minimum absolute atomic E-state index is 0.226. The van der Waals surface area contributed by atoms with Crippen LogP contribution in [0.3, 0.4) is 0 Å². The van der Waals surface area contributed by atoms with Gasteiger partial charge in [-0.15, -0.1) is 0 Å². The summed E-state index contributed by atoms with van der Waals surface area (Å²) in [5, 5.41) is 3.90. The van der Waals surface area contributed by atoms with E-state index < -0.39 is 0 Å². The van der Waals surface area contributed by atoms with Crippen molar-refractivity contribution in [2.75, 3.05) is 18.5 Å². The number of hydrogen-bond acceptors (Lipinski definition) is 8. The number of nitrogens with one attached hydrogen (secondary N) is 2. The molecule has 0 aliphatic heterocycles. The third-order valence-electron chi connectivity index (χ3n) is 2.24. The van der Waals surface area contributed by atoms with Crippen LogP contribution in [-0.4, -0.2) is 38.1 Å². The predicted molar refractivity (Wildman–Crippen MR) is 78.8 cm³/mol. The SMILES string of the molecule is CCCNc1nc(OCC)nc(Sc2nccc(=O)[nH]2)n1. The minimum atomic E-state index is -0.226. The van der Waals surface area contributed by atoms with E-state index in [1.165, 1.54) is 12.3 Å². The van der Waals surface area contributed by atoms with Gasteiger partial charge in [-0.1, -0.05) is 6.92 Å². The normalized spacial score (nSPS) is 10.4. The highest BCUT2D eigenvalue weighted by Crippen LogP contribution is 2.22. The molecule has 2 heterocycles. The van der Waals surface area contributed by atoms with Crippen molar-refractivity contribution in [3.63, 3.8) is 0 Å². The molecule has 2 N–H and O–H groups in total. The molecule has 0 radical (unpaired) electrons. The first kappa shape index (κ1) is 15.2. The molecule has 2 rings (SSSR count). The molecule has 0 amide bonds. The van der Waals surface area contributed by atoms with Crippen LogP contribution < -0.4 is 15.6 Å². The van der Waals surface area contributed by atoms with Gasteiger partial charge in [0.2, 0.25) is 11.1 Å². The van der Waals surface area contributed by atoms with E-state index in [2.05, 4.69) is 30.2 Å². The summed E-state index contributed by atoms with van der Waals surface area (Å²) in [5.41, 5.74) is -0.226. The number of hydrogen-bond donors (Lipinski definition) is 2. The molecule has 0 fully saturated rings. The summed E-state index contributed by atoms with van der Waals surface area (Å²) in [6.07, 6.45) is 2.38. The highest BCUT2D eigenvalue weighted by atomic mass is 32.2. The van der Waals surface area contributed by atoms with E-state index in [1.54, 1.807) is 0 Å². The molecule has 0 unspecified atom stereocenters. The number of H-pyrrole nitrogens is 1. The lowest BCUT2D eigenvalue weighted by atomic mass is 10.5. The highest BCUT2D eigenvalue weighted by Gasteiger charge is 2.09. The lowest BCUT2D eigenvalue weighted by Gasteiger charge is -2.07. The largest absolute Gasteiger partial charge is 0.464 e. The van der Waals surface area contributed by atoms with Crippen LogP contribution in [0, 0.1) is 0 Å². The van der Waals surface area contributed by atoms with Crippen LogP contribution in [0.1, 0.15) is 20.3 Å². The van der Waals surface area contributed by atoms with E-state index in [0.717, 1.165) is 24.7 Å². The van der Waals surface area contributed by atoms with Gasteiger partial charge in [0.1, 0.15) is 0 Å². The molecule has 0 atom stereocenters. The van der Waals surface area contributed by atoms with Crippen molar-refractivity contribution in [3.05, 3.63) is 22.6 Å². The molecular weight excluding hydrogens is 292 g/mol. The third-order valence-corrected chi connectivity index (χ3v) is 3.00. The Balaban J connectivity index is 2.24. The summed E-state index contributed by atoms with van der Waals surface area (Å²) in [7, 11) is 0. The number of aromatic amines is 1. The maximum absolute atomic E-state index is 11.3. The number of nitrogens with zero attached hydrogens (tertiary/aromatic N) is 4. The van der Waals surface area contributed by atoms with Crippen molar-refractivity contribution >= 4 is 17.7 Å². The van der Waals surface area contributed by atoms with Gasteiger partial charge in [-0.2, -0.15) is 15.0 Å². The van der Waals surface area contributed by atoms with Crippen LogP contribution in [-0.2, 0) is 0 Å². The summed E-state index contributed by atoms with van der Waals surface area (Å²) < 4.78 is 5.32. The highest BCUT2D eigenvalue weighted by molar-refractivity contribution is 7.99. The lowest BCUT2D eigenvalue weighted by Crippen LogP contribution is -2.09. The molecule has 8 nitrogen and oxygen atoms in total. The van der Waals surface area contributed by atoms with Gasteiger partial charge in [0, 0.05) is 18.8 Å². The fraction of sp³-hybridized carbons (Fsp3) is 0.417. The summed E-state index contributed by atoms with van der Waals surface area (Å²) in [4.78, 5) is 30.5. The first-order valence-corrected chi connectivity index (χ1v) is 7.38. The average Bonchev–Trinajstić information content (AvgIpc) is 2.45. The van der Waals surface area contributed by atoms with Crippen LogP contribution in [0.15, 0.2) is 27.4 Å². The second kappa shape index (κ2) is 7.58. The van der Waals surface area contributed by atoms with Gasteiger partial charge in [-0.25, -0.2) is 4.98 Å². The predicted octanol–water partition coefficient (Wildman–Crippen LogP) is 1.33. The summed E-state index contributed by atoms with van der Waals surface area (Å²) in [6.45, 7) is 5.11. The zero-order valence-electron chi connectivity index (χ0n) is 11.8. The average molecular weight is 308 g/mol. The zero-order chi connectivity index (χ0) is 15.1. The molecule has 21 heavy (non-hydrogen) atoms. The van der Waals surface area contributed by atoms with Crippen molar-refractivity contribution in [1.29, 1.82) is 0 Å². The van der Waals surface area contributed by atoms with Gasteiger partial charge in [0.05, 0.1) is 6.61 Å².